The number of sulfonamides is 1. The molecular weight excluding hydrogens is 439 g/mol. The first-order valence-electron chi connectivity index (χ1n) is 9.38. The number of aliphatic carboxylic acids is 1. The number of carboxylic acids is 1. The maximum Gasteiger partial charge on any atom is 0.309 e. The second-order valence-electron chi connectivity index (χ2n) is 7.73. The molecule has 0 spiro atoms. The number of nitrogens with zero attached hydrogens (tertiary/aromatic N) is 1. The number of carboxylic acid groups (broad SMARTS) is 1. The van der Waals surface area contributed by atoms with E-state index >= 15 is 0 Å². The predicted molar refractivity (Wildman–Crippen MR) is 107 cm³/mol. The molecule has 7 nitrogen and oxygen atoms in total. The van der Waals surface area contributed by atoms with Gasteiger partial charge in [0.05, 0.1) is 10.8 Å². The van der Waals surface area contributed by atoms with Crippen molar-refractivity contribution in [3.63, 3.8) is 0 Å². The fraction of sp³-hybridized carbons (Fsp3) is 0.474. The summed E-state index contributed by atoms with van der Waals surface area (Å²) in [5, 5.41) is 12.8. The van der Waals surface area contributed by atoms with Crippen LogP contribution in [0, 0.1) is 17.8 Å². The number of rotatable bonds is 5. The van der Waals surface area contributed by atoms with E-state index in [4.69, 9.17) is 23.2 Å². The van der Waals surface area contributed by atoms with Crippen molar-refractivity contribution in [3.8, 4) is 0 Å². The normalized spacial score (nSPS) is 31.3. The van der Waals surface area contributed by atoms with Crippen LogP contribution < -0.4 is 5.32 Å². The second-order valence-corrected chi connectivity index (χ2v) is 10.5. The van der Waals surface area contributed by atoms with Gasteiger partial charge in [-0.3, -0.25) is 9.59 Å². The van der Waals surface area contributed by atoms with Gasteiger partial charge in [-0.1, -0.05) is 35.4 Å². The molecule has 2 fully saturated rings. The summed E-state index contributed by atoms with van der Waals surface area (Å²) >= 11 is 11.9. The minimum Gasteiger partial charge on any atom is -0.481 e. The highest BCUT2D eigenvalue weighted by Crippen LogP contribution is 2.44. The topological polar surface area (TPSA) is 104 Å². The number of carbonyl (C=O) groups excluding carboxylic acids is 1. The van der Waals surface area contributed by atoms with E-state index in [2.05, 4.69) is 5.32 Å². The smallest absolute Gasteiger partial charge is 0.309 e. The van der Waals surface area contributed by atoms with Crippen LogP contribution in [0.25, 0.3) is 0 Å². The molecular formula is C19H20Cl2N2O5S. The number of hydrogen-bond donors (Lipinski definition) is 2. The summed E-state index contributed by atoms with van der Waals surface area (Å²) in [7, 11) is -3.98. The molecule has 2 N–H and O–H groups in total. The average molecular weight is 459 g/mol. The van der Waals surface area contributed by atoms with Crippen molar-refractivity contribution in [2.75, 3.05) is 6.54 Å². The molecule has 1 saturated carbocycles. The first-order valence-corrected chi connectivity index (χ1v) is 11.6. The summed E-state index contributed by atoms with van der Waals surface area (Å²) in [6, 6.07) is 2.62. The van der Waals surface area contributed by atoms with Gasteiger partial charge in [0.1, 0.15) is 6.04 Å². The van der Waals surface area contributed by atoms with Crippen LogP contribution in [0.4, 0.5) is 0 Å². The molecule has 1 aromatic rings. The van der Waals surface area contributed by atoms with Crippen molar-refractivity contribution < 1.29 is 23.1 Å². The molecule has 2 bridgehead atoms. The van der Waals surface area contributed by atoms with Gasteiger partial charge in [0, 0.05) is 22.6 Å². The molecule has 1 amide bonds. The minimum absolute atomic E-state index is 0.0387. The van der Waals surface area contributed by atoms with Crippen LogP contribution in [0.1, 0.15) is 19.3 Å². The number of hydrogen-bond acceptors (Lipinski definition) is 4. The molecule has 3 aliphatic rings. The maximum absolute atomic E-state index is 13.1. The zero-order valence-electron chi connectivity index (χ0n) is 15.3. The molecule has 1 heterocycles. The summed E-state index contributed by atoms with van der Waals surface area (Å²) in [6.07, 6.45) is 5.42. The third-order valence-electron chi connectivity index (χ3n) is 6.00. The highest BCUT2D eigenvalue weighted by molar-refractivity contribution is 7.89. The molecule has 1 aromatic carbocycles. The molecule has 5 unspecified atom stereocenters. The van der Waals surface area contributed by atoms with E-state index in [1.807, 2.05) is 12.2 Å². The summed E-state index contributed by atoms with van der Waals surface area (Å²) in [5.74, 6) is -2.23. The SMILES string of the molecule is O=C(O)C1C2C=CC(C2)C1NC(=O)C1CCCN1S(=O)(=O)c1cc(Cl)cc(Cl)c1. The van der Waals surface area contributed by atoms with Crippen molar-refractivity contribution in [2.45, 2.75) is 36.2 Å². The standard InChI is InChI=1S/C19H20Cl2N2O5S/c20-12-7-13(21)9-14(8-12)29(27,28)23-5-1-2-15(23)18(24)22-17-11-4-3-10(6-11)16(17)19(25)26/h3-4,7-11,15-17H,1-2,5-6H2,(H,22,24)(H,25,26). The van der Waals surface area contributed by atoms with E-state index in [0.29, 0.717) is 19.3 Å². The Morgan fingerprint density at radius 3 is 2.41 bits per heavy atom. The van der Waals surface area contributed by atoms with Gasteiger partial charge in [0.2, 0.25) is 15.9 Å². The molecule has 1 saturated heterocycles. The number of benzene rings is 1. The van der Waals surface area contributed by atoms with Gasteiger partial charge in [-0.25, -0.2) is 8.42 Å². The average Bonchev–Trinajstić information content (AvgIpc) is 3.36. The lowest BCUT2D eigenvalue weighted by molar-refractivity contribution is -0.143. The van der Waals surface area contributed by atoms with Crippen molar-refractivity contribution in [2.24, 2.45) is 17.8 Å². The molecule has 29 heavy (non-hydrogen) atoms. The number of carbonyl (C=O) groups is 2. The van der Waals surface area contributed by atoms with E-state index in [0.717, 1.165) is 4.31 Å². The van der Waals surface area contributed by atoms with Gasteiger partial charge in [0.15, 0.2) is 0 Å². The number of amides is 1. The third-order valence-corrected chi connectivity index (χ3v) is 8.32. The highest BCUT2D eigenvalue weighted by Gasteiger charge is 2.50. The Morgan fingerprint density at radius 2 is 1.76 bits per heavy atom. The van der Waals surface area contributed by atoms with Gasteiger partial charge < -0.3 is 10.4 Å². The van der Waals surface area contributed by atoms with Gasteiger partial charge in [0.25, 0.3) is 0 Å². The molecule has 2 aliphatic carbocycles. The largest absolute Gasteiger partial charge is 0.481 e. The predicted octanol–water partition coefficient (Wildman–Crippen LogP) is 2.54. The number of halogens is 2. The van der Waals surface area contributed by atoms with Crippen LogP contribution in [0.15, 0.2) is 35.2 Å². The molecule has 4 rings (SSSR count). The Hall–Kier alpha value is -1.61. The van der Waals surface area contributed by atoms with Gasteiger partial charge in [-0.2, -0.15) is 4.31 Å². The summed E-state index contributed by atoms with van der Waals surface area (Å²) in [4.78, 5) is 24.6. The van der Waals surface area contributed by atoms with Crippen LogP contribution in [-0.4, -0.2) is 48.3 Å². The molecule has 0 aromatic heterocycles. The molecule has 10 heteroatoms. The molecule has 0 radical (unpaired) electrons. The second kappa shape index (κ2) is 7.58. The lowest BCUT2D eigenvalue weighted by Crippen LogP contribution is -2.52. The van der Waals surface area contributed by atoms with E-state index in [1.54, 1.807) is 0 Å². The molecule has 156 valence electrons. The van der Waals surface area contributed by atoms with Crippen LogP contribution in [-0.2, 0) is 19.6 Å². The van der Waals surface area contributed by atoms with Crippen LogP contribution >= 0.6 is 23.2 Å². The van der Waals surface area contributed by atoms with Gasteiger partial charge >= 0.3 is 5.97 Å². The zero-order chi connectivity index (χ0) is 20.9. The lowest BCUT2D eigenvalue weighted by atomic mass is 9.88. The Morgan fingerprint density at radius 1 is 1.10 bits per heavy atom. The van der Waals surface area contributed by atoms with Gasteiger partial charge in [-0.05, 0) is 49.3 Å². The monoisotopic (exact) mass is 458 g/mol. The Bertz CT molecular complexity index is 976. The van der Waals surface area contributed by atoms with Crippen molar-refractivity contribution in [1.29, 1.82) is 0 Å². The van der Waals surface area contributed by atoms with Crippen LogP contribution in [0.2, 0.25) is 10.0 Å². The van der Waals surface area contributed by atoms with Crippen molar-refractivity contribution in [1.82, 2.24) is 9.62 Å². The summed E-state index contributed by atoms with van der Waals surface area (Å²) in [6.45, 7) is 0.198. The number of fused-ring (bicyclic) bond motifs is 2. The Balaban J connectivity index is 1.56. The lowest BCUT2D eigenvalue weighted by Gasteiger charge is -2.29. The Kier molecular flexibility index (Phi) is 5.40. The first kappa shape index (κ1) is 20.7. The summed E-state index contributed by atoms with van der Waals surface area (Å²) in [5.41, 5.74) is 0. The van der Waals surface area contributed by atoms with E-state index in [9.17, 15) is 23.1 Å². The third kappa shape index (κ3) is 3.67. The van der Waals surface area contributed by atoms with Crippen LogP contribution in [0.5, 0.6) is 0 Å². The fourth-order valence-corrected chi connectivity index (χ4v) is 7.10. The van der Waals surface area contributed by atoms with Crippen molar-refractivity contribution >= 4 is 45.1 Å². The first-order chi connectivity index (χ1) is 13.7. The zero-order valence-corrected chi connectivity index (χ0v) is 17.6. The molecule has 1 aliphatic heterocycles. The Labute approximate surface area is 178 Å². The van der Waals surface area contributed by atoms with Gasteiger partial charge in [-0.15, -0.1) is 0 Å². The quantitative estimate of drug-likeness (QED) is 0.659. The number of allylic oxidation sites excluding steroid dienone is 1. The van der Waals surface area contributed by atoms with Crippen LogP contribution in [0.3, 0.4) is 0 Å². The maximum atomic E-state index is 13.1. The number of nitrogens with one attached hydrogen (secondary N) is 1. The highest BCUT2D eigenvalue weighted by atomic mass is 35.5. The van der Waals surface area contributed by atoms with E-state index in [1.165, 1.54) is 18.2 Å². The van der Waals surface area contributed by atoms with E-state index < -0.39 is 39.9 Å². The fourth-order valence-electron chi connectivity index (χ4n) is 4.72. The van der Waals surface area contributed by atoms with Crippen molar-refractivity contribution in [3.05, 3.63) is 40.4 Å². The minimum atomic E-state index is -3.98. The summed E-state index contributed by atoms with van der Waals surface area (Å²) < 4.78 is 27.4. The molecule has 5 atom stereocenters. The van der Waals surface area contributed by atoms with E-state index in [-0.39, 0.29) is 33.3 Å².